The molecule has 0 aliphatic carbocycles. The number of nitrogens with zero attached hydrogens (tertiary/aromatic N) is 1. The maximum Gasteiger partial charge on any atom is 0.261 e. The Morgan fingerprint density at radius 2 is 1.56 bits per heavy atom. The Bertz CT molecular complexity index is 1310. The molecule has 0 radical (unpaired) electrons. The number of halogens is 2. The van der Waals surface area contributed by atoms with Gasteiger partial charge >= 0.3 is 0 Å². The standard InChI is InChI=1S/C24H21Cl2N3O4S/c25-18-12-19(26)14-21(13-18)28-34(32,33)22-9-7-20(8-10-22)27-24(31)17-5-3-16(4-6-17)15-29-11-1-2-23(29)30/h3-10,12-14,28H,1-2,11,15H2,(H,27,31). The third kappa shape index (κ3) is 5.88. The molecule has 0 unspecified atom stereocenters. The van der Waals surface area contributed by atoms with Crippen LogP contribution in [0.3, 0.4) is 0 Å². The van der Waals surface area contributed by atoms with Crippen molar-refractivity contribution in [2.24, 2.45) is 0 Å². The molecule has 0 atom stereocenters. The summed E-state index contributed by atoms with van der Waals surface area (Å²) in [5.41, 5.74) is 2.09. The first-order valence-electron chi connectivity index (χ1n) is 10.5. The zero-order chi connectivity index (χ0) is 24.3. The second-order valence-corrected chi connectivity index (χ2v) is 10.4. The van der Waals surface area contributed by atoms with Gasteiger partial charge in [0.05, 0.1) is 10.6 Å². The Labute approximate surface area is 207 Å². The molecule has 2 N–H and O–H groups in total. The van der Waals surface area contributed by atoms with Gasteiger partial charge < -0.3 is 10.2 Å². The van der Waals surface area contributed by atoms with E-state index in [1.165, 1.54) is 42.5 Å². The van der Waals surface area contributed by atoms with Crippen molar-refractivity contribution in [3.8, 4) is 0 Å². The number of anilines is 2. The summed E-state index contributed by atoms with van der Waals surface area (Å²) in [6.45, 7) is 1.29. The number of nitrogens with one attached hydrogen (secondary N) is 2. The highest BCUT2D eigenvalue weighted by Crippen LogP contribution is 2.25. The number of sulfonamides is 1. The fourth-order valence-electron chi connectivity index (χ4n) is 3.60. The first-order chi connectivity index (χ1) is 16.2. The summed E-state index contributed by atoms with van der Waals surface area (Å²) in [5.74, 6) is -0.176. The summed E-state index contributed by atoms with van der Waals surface area (Å²) < 4.78 is 27.7. The van der Waals surface area contributed by atoms with Crippen molar-refractivity contribution < 1.29 is 18.0 Å². The van der Waals surface area contributed by atoms with E-state index in [1.54, 1.807) is 17.0 Å². The van der Waals surface area contributed by atoms with Gasteiger partial charge in [-0.25, -0.2) is 8.42 Å². The number of carbonyl (C=O) groups is 2. The molecule has 3 aromatic carbocycles. The van der Waals surface area contributed by atoms with Crippen LogP contribution in [0.2, 0.25) is 10.0 Å². The number of hydrogen-bond acceptors (Lipinski definition) is 4. The van der Waals surface area contributed by atoms with Gasteiger partial charge in [-0.05, 0) is 66.6 Å². The summed E-state index contributed by atoms with van der Waals surface area (Å²) in [6.07, 6.45) is 1.47. The molecule has 1 heterocycles. The van der Waals surface area contributed by atoms with E-state index in [2.05, 4.69) is 10.0 Å². The van der Waals surface area contributed by atoms with Crippen LogP contribution < -0.4 is 10.0 Å². The molecule has 1 aliphatic rings. The third-order valence-electron chi connectivity index (χ3n) is 5.30. The molecule has 0 bridgehead atoms. The fourth-order valence-corrected chi connectivity index (χ4v) is 5.17. The lowest BCUT2D eigenvalue weighted by molar-refractivity contribution is -0.128. The quantitative estimate of drug-likeness (QED) is 0.451. The third-order valence-corrected chi connectivity index (χ3v) is 7.13. The molecule has 10 heteroatoms. The number of amides is 2. The van der Waals surface area contributed by atoms with Crippen LogP contribution in [0.25, 0.3) is 0 Å². The second-order valence-electron chi connectivity index (χ2n) is 7.86. The smallest absolute Gasteiger partial charge is 0.261 e. The van der Waals surface area contributed by atoms with E-state index in [1.807, 2.05) is 12.1 Å². The van der Waals surface area contributed by atoms with Crippen LogP contribution in [0.5, 0.6) is 0 Å². The van der Waals surface area contributed by atoms with Gasteiger partial charge in [0, 0.05) is 40.8 Å². The molecular formula is C24H21Cl2N3O4S. The van der Waals surface area contributed by atoms with Gasteiger partial charge in [0.1, 0.15) is 0 Å². The average molecular weight is 518 g/mol. The van der Waals surface area contributed by atoms with Crippen LogP contribution in [0, 0.1) is 0 Å². The Kier molecular flexibility index (Phi) is 7.11. The molecule has 1 saturated heterocycles. The average Bonchev–Trinajstić information content (AvgIpc) is 3.18. The topological polar surface area (TPSA) is 95.6 Å². The van der Waals surface area contributed by atoms with Crippen molar-refractivity contribution in [2.75, 3.05) is 16.6 Å². The lowest BCUT2D eigenvalue weighted by Crippen LogP contribution is -2.23. The summed E-state index contributed by atoms with van der Waals surface area (Å²) >= 11 is 11.8. The van der Waals surface area contributed by atoms with Gasteiger partial charge in [-0.1, -0.05) is 35.3 Å². The Balaban J connectivity index is 1.39. The summed E-state index contributed by atoms with van der Waals surface area (Å²) in [6, 6.07) is 17.2. The van der Waals surface area contributed by atoms with Crippen LogP contribution in [0.4, 0.5) is 11.4 Å². The van der Waals surface area contributed by atoms with Crippen molar-refractivity contribution in [1.82, 2.24) is 4.90 Å². The van der Waals surface area contributed by atoms with Crippen molar-refractivity contribution in [3.63, 3.8) is 0 Å². The monoisotopic (exact) mass is 517 g/mol. The minimum atomic E-state index is -3.87. The number of likely N-dealkylation sites (tertiary alicyclic amines) is 1. The summed E-state index contributed by atoms with van der Waals surface area (Å²) in [4.78, 5) is 26.2. The zero-order valence-electron chi connectivity index (χ0n) is 17.9. The van der Waals surface area contributed by atoms with E-state index in [-0.39, 0.29) is 22.4 Å². The number of benzene rings is 3. The Morgan fingerprint density at radius 3 is 2.15 bits per heavy atom. The molecule has 1 aliphatic heterocycles. The van der Waals surface area contributed by atoms with E-state index >= 15 is 0 Å². The van der Waals surface area contributed by atoms with E-state index < -0.39 is 10.0 Å². The Hall–Kier alpha value is -3.07. The summed E-state index contributed by atoms with van der Waals surface area (Å²) in [5, 5.41) is 3.36. The van der Waals surface area contributed by atoms with Crippen molar-refractivity contribution in [3.05, 3.63) is 87.9 Å². The first-order valence-corrected chi connectivity index (χ1v) is 12.7. The van der Waals surface area contributed by atoms with Crippen LogP contribution >= 0.6 is 23.2 Å². The number of hydrogen-bond donors (Lipinski definition) is 2. The van der Waals surface area contributed by atoms with Crippen LogP contribution in [0.15, 0.2) is 71.6 Å². The van der Waals surface area contributed by atoms with E-state index in [9.17, 15) is 18.0 Å². The van der Waals surface area contributed by atoms with Crippen molar-refractivity contribution >= 4 is 56.4 Å². The SMILES string of the molecule is O=C(Nc1ccc(S(=O)(=O)Nc2cc(Cl)cc(Cl)c2)cc1)c1ccc(CN2CCCC2=O)cc1. The second kappa shape index (κ2) is 10.0. The Morgan fingerprint density at radius 1 is 0.912 bits per heavy atom. The first kappa shape index (κ1) is 24.1. The number of carbonyl (C=O) groups excluding carboxylic acids is 2. The molecular weight excluding hydrogens is 497 g/mol. The molecule has 0 saturated carbocycles. The molecule has 2 amide bonds. The highest BCUT2D eigenvalue weighted by Gasteiger charge is 2.20. The highest BCUT2D eigenvalue weighted by atomic mass is 35.5. The van der Waals surface area contributed by atoms with Crippen molar-refractivity contribution in [2.45, 2.75) is 24.3 Å². The molecule has 0 spiro atoms. The van der Waals surface area contributed by atoms with E-state index in [0.717, 1.165) is 18.5 Å². The maximum absolute atomic E-state index is 12.6. The van der Waals surface area contributed by atoms with Gasteiger partial charge in [-0.3, -0.25) is 14.3 Å². The van der Waals surface area contributed by atoms with E-state index in [4.69, 9.17) is 23.2 Å². The number of rotatable bonds is 7. The van der Waals surface area contributed by atoms with Gasteiger partial charge in [0.15, 0.2) is 0 Å². The molecule has 7 nitrogen and oxygen atoms in total. The van der Waals surface area contributed by atoms with Gasteiger partial charge in [0.25, 0.3) is 15.9 Å². The molecule has 1 fully saturated rings. The van der Waals surface area contributed by atoms with E-state index in [0.29, 0.717) is 34.3 Å². The molecule has 34 heavy (non-hydrogen) atoms. The maximum atomic E-state index is 12.6. The minimum absolute atomic E-state index is 0.0161. The van der Waals surface area contributed by atoms with Crippen LogP contribution in [0.1, 0.15) is 28.8 Å². The highest BCUT2D eigenvalue weighted by molar-refractivity contribution is 7.92. The van der Waals surface area contributed by atoms with Crippen LogP contribution in [-0.2, 0) is 21.4 Å². The van der Waals surface area contributed by atoms with Gasteiger partial charge in [-0.15, -0.1) is 0 Å². The normalized spacial score (nSPS) is 13.7. The minimum Gasteiger partial charge on any atom is -0.338 e. The predicted molar refractivity (Wildman–Crippen MR) is 133 cm³/mol. The van der Waals surface area contributed by atoms with Gasteiger partial charge in [-0.2, -0.15) is 0 Å². The lowest BCUT2D eigenvalue weighted by Gasteiger charge is -2.15. The molecule has 176 valence electrons. The lowest BCUT2D eigenvalue weighted by atomic mass is 10.1. The molecule has 3 aromatic rings. The molecule has 4 rings (SSSR count). The van der Waals surface area contributed by atoms with Crippen molar-refractivity contribution in [1.29, 1.82) is 0 Å². The van der Waals surface area contributed by atoms with Gasteiger partial charge in [0.2, 0.25) is 5.91 Å². The fraction of sp³-hybridized carbons (Fsp3) is 0.167. The summed E-state index contributed by atoms with van der Waals surface area (Å²) in [7, 11) is -3.87. The predicted octanol–water partition coefficient (Wildman–Crippen LogP) is 5.17. The largest absolute Gasteiger partial charge is 0.338 e. The zero-order valence-corrected chi connectivity index (χ0v) is 20.3. The van der Waals surface area contributed by atoms with Crippen LogP contribution in [-0.4, -0.2) is 31.7 Å². The molecule has 0 aromatic heterocycles.